The van der Waals surface area contributed by atoms with Crippen LogP contribution in [0, 0.1) is 11.8 Å². The summed E-state index contributed by atoms with van der Waals surface area (Å²) in [4.78, 5) is 11.5. The van der Waals surface area contributed by atoms with Crippen molar-refractivity contribution < 1.29 is 17.9 Å². The summed E-state index contributed by atoms with van der Waals surface area (Å²) in [5, 5.41) is 7.72. The van der Waals surface area contributed by atoms with Crippen LogP contribution in [-0.4, -0.2) is 21.1 Å². The first-order valence-corrected chi connectivity index (χ1v) is 9.07. The van der Waals surface area contributed by atoms with Gasteiger partial charge in [-0.15, -0.1) is 0 Å². The average molecular weight is 358 g/mol. The summed E-state index contributed by atoms with van der Waals surface area (Å²) in [5.41, 5.74) is 1.23. The molecule has 0 atom stereocenters. The first-order valence-electron chi connectivity index (χ1n) is 7.52. The van der Waals surface area contributed by atoms with Crippen LogP contribution in [0.5, 0.6) is 0 Å². The Hall–Kier alpha value is -2.82. The summed E-state index contributed by atoms with van der Waals surface area (Å²) in [6.07, 6.45) is -0.185. The van der Waals surface area contributed by atoms with Gasteiger partial charge in [0.25, 0.3) is 0 Å². The van der Waals surface area contributed by atoms with Crippen molar-refractivity contribution in [3.05, 3.63) is 65.7 Å². The van der Waals surface area contributed by atoms with Crippen molar-refractivity contribution in [1.82, 2.24) is 5.32 Å². The zero-order valence-corrected chi connectivity index (χ0v) is 14.3. The Kier molecular flexibility index (Phi) is 6.57. The van der Waals surface area contributed by atoms with Crippen LogP contribution in [0.3, 0.4) is 0 Å². The Morgan fingerprint density at radius 3 is 2.48 bits per heavy atom. The molecule has 25 heavy (non-hydrogen) atoms. The lowest BCUT2D eigenvalue weighted by Gasteiger charge is -2.05. The normalized spacial score (nSPS) is 10.4. The minimum atomic E-state index is -3.82. The third-order valence-electron chi connectivity index (χ3n) is 3.15. The highest BCUT2D eigenvalue weighted by Crippen LogP contribution is 2.12. The summed E-state index contributed by atoms with van der Waals surface area (Å²) in [6, 6.07) is 15.6. The van der Waals surface area contributed by atoms with Crippen LogP contribution in [-0.2, 0) is 21.4 Å². The molecule has 3 N–H and O–H groups in total. The van der Waals surface area contributed by atoms with E-state index in [1.807, 2.05) is 30.3 Å². The van der Waals surface area contributed by atoms with E-state index < -0.39 is 16.1 Å². The molecule has 0 spiro atoms. The quantitative estimate of drug-likeness (QED) is 0.631. The van der Waals surface area contributed by atoms with Crippen LogP contribution in [0.4, 0.5) is 4.79 Å². The molecule has 0 aromatic heterocycles. The number of alkyl carbamates (subject to hydrolysis) is 1. The fraction of sp³-hybridized carbons (Fsp3) is 0.167. The average Bonchev–Trinajstić information content (AvgIpc) is 2.60. The monoisotopic (exact) mass is 358 g/mol. The smallest absolute Gasteiger partial charge is 0.407 e. The van der Waals surface area contributed by atoms with Crippen molar-refractivity contribution in [3.8, 4) is 11.8 Å². The van der Waals surface area contributed by atoms with Crippen LogP contribution >= 0.6 is 0 Å². The van der Waals surface area contributed by atoms with Gasteiger partial charge in [0.1, 0.15) is 6.61 Å². The number of benzene rings is 2. The molecule has 7 heteroatoms. The number of hydrogen-bond acceptors (Lipinski definition) is 4. The fourth-order valence-electron chi connectivity index (χ4n) is 1.98. The van der Waals surface area contributed by atoms with Crippen LogP contribution in [0.1, 0.15) is 17.5 Å². The number of carbonyl (C=O) groups is 1. The molecule has 6 nitrogen and oxygen atoms in total. The van der Waals surface area contributed by atoms with Crippen molar-refractivity contribution in [2.24, 2.45) is 5.14 Å². The maximum absolute atomic E-state index is 11.6. The molecule has 2 rings (SSSR count). The summed E-state index contributed by atoms with van der Waals surface area (Å²) >= 11 is 0. The number of carbonyl (C=O) groups excluding carboxylic acids is 1. The molecule has 0 bridgehead atoms. The van der Waals surface area contributed by atoms with Crippen molar-refractivity contribution >= 4 is 16.1 Å². The van der Waals surface area contributed by atoms with Gasteiger partial charge in [0.2, 0.25) is 10.0 Å². The fourth-order valence-corrected chi connectivity index (χ4v) is 2.67. The van der Waals surface area contributed by atoms with Crippen molar-refractivity contribution in [2.75, 3.05) is 6.54 Å². The molecule has 0 fully saturated rings. The molecule has 0 radical (unpaired) electrons. The van der Waals surface area contributed by atoms with Gasteiger partial charge in [-0.2, -0.15) is 0 Å². The summed E-state index contributed by atoms with van der Waals surface area (Å²) < 4.78 is 28.0. The summed E-state index contributed by atoms with van der Waals surface area (Å²) in [7, 11) is -3.82. The zero-order chi connectivity index (χ0) is 18.1. The summed E-state index contributed by atoms with van der Waals surface area (Å²) in [6.45, 7) is 0.484. The van der Waals surface area contributed by atoms with Gasteiger partial charge in [-0.25, -0.2) is 18.4 Å². The second kappa shape index (κ2) is 8.87. The van der Waals surface area contributed by atoms with Gasteiger partial charge in [0, 0.05) is 18.5 Å². The lowest BCUT2D eigenvalue weighted by atomic mass is 10.2. The van der Waals surface area contributed by atoms with E-state index in [1.54, 1.807) is 18.2 Å². The highest BCUT2D eigenvalue weighted by atomic mass is 32.2. The van der Waals surface area contributed by atoms with E-state index in [0.29, 0.717) is 12.0 Å². The van der Waals surface area contributed by atoms with Gasteiger partial charge < -0.3 is 10.1 Å². The maximum Gasteiger partial charge on any atom is 0.407 e. The molecule has 1 amide bonds. The third-order valence-corrected chi connectivity index (χ3v) is 4.12. The molecule has 0 saturated carbocycles. The van der Waals surface area contributed by atoms with E-state index in [0.717, 1.165) is 5.56 Å². The van der Waals surface area contributed by atoms with E-state index in [4.69, 9.17) is 9.88 Å². The Balaban J connectivity index is 1.79. The number of primary sulfonamides is 1. The molecule has 0 aliphatic carbocycles. The minimum absolute atomic E-state index is 0.0160. The number of hydrogen-bond donors (Lipinski definition) is 2. The Morgan fingerprint density at radius 2 is 1.76 bits per heavy atom. The largest absolute Gasteiger partial charge is 0.445 e. The van der Waals surface area contributed by atoms with Gasteiger partial charge in [-0.05, 0) is 17.7 Å². The van der Waals surface area contributed by atoms with Crippen molar-refractivity contribution in [2.45, 2.75) is 17.9 Å². The number of rotatable bonds is 5. The zero-order valence-electron chi connectivity index (χ0n) is 13.4. The number of sulfonamides is 1. The van der Waals surface area contributed by atoms with E-state index >= 15 is 0 Å². The molecule has 2 aromatic rings. The molecular formula is C18H18N2O4S. The van der Waals surface area contributed by atoms with Gasteiger partial charge in [-0.1, -0.05) is 54.3 Å². The maximum atomic E-state index is 11.6. The van der Waals surface area contributed by atoms with Gasteiger partial charge in [-0.3, -0.25) is 0 Å². The number of ether oxygens (including phenoxy) is 1. The van der Waals surface area contributed by atoms with Gasteiger partial charge >= 0.3 is 6.09 Å². The third kappa shape index (κ3) is 6.30. The SMILES string of the molecule is NS(=O)(=O)c1ccccc1C#CCCNC(=O)OCc1ccccc1. The molecule has 0 aliphatic heterocycles. The predicted molar refractivity (Wildman–Crippen MR) is 93.9 cm³/mol. The Labute approximate surface area is 147 Å². The van der Waals surface area contributed by atoms with E-state index in [-0.39, 0.29) is 18.0 Å². The topological polar surface area (TPSA) is 98.5 Å². The molecule has 130 valence electrons. The minimum Gasteiger partial charge on any atom is -0.445 e. The second-order valence-electron chi connectivity index (χ2n) is 5.08. The number of nitrogens with one attached hydrogen (secondary N) is 1. The number of amides is 1. The highest BCUT2D eigenvalue weighted by Gasteiger charge is 2.11. The lowest BCUT2D eigenvalue weighted by Crippen LogP contribution is -2.24. The molecule has 0 heterocycles. The first-order chi connectivity index (χ1) is 12.0. The standard InChI is InChI=1S/C18H18N2O4S/c19-25(22,23)17-12-5-4-10-16(17)11-6-7-13-20-18(21)24-14-15-8-2-1-3-9-15/h1-5,8-10,12H,7,13-14H2,(H,20,21)(H2,19,22,23). The number of nitrogens with two attached hydrogens (primary N) is 1. The summed E-state index contributed by atoms with van der Waals surface area (Å²) in [5.74, 6) is 5.55. The molecule has 0 unspecified atom stereocenters. The van der Waals surface area contributed by atoms with E-state index in [2.05, 4.69) is 17.2 Å². The van der Waals surface area contributed by atoms with Crippen LogP contribution in [0.15, 0.2) is 59.5 Å². The second-order valence-corrected chi connectivity index (χ2v) is 6.61. The first kappa shape index (κ1) is 18.5. The lowest BCUT2D eigenvalue weighted by molar-refractivity contribution is 0.140. The molecule has 0 aliphatic rings. The van der Waals surface area contributed by atoms with Crippen LogP contribution < -0.4 is 10.5 Å². The van der Waals surface area contributed by atoms with Gasteiger partial charge in [0.05, 0.1) is 4.90 Å². The molecule has 2 aromatic carbocycles. The molecule has 0 saturated heterocycles. The van der Waals surface area contributed by atoms with Crippen LogP contribution in [0.2, 0.25) is 0 Å². The highest BCUT2D eigenvalue weighted by molar-refractivity contribution is 7.89. The van der Waals surface area contributed by atoms with Crippen molar-refractivity contribution in [1.29, 1.82) is 0 Å². The van der Waals surface area contributed by atoms with E-state index in [1.165, 1.54) is 6.07 Å². The Morgan fingerprint density at radius 1 is 1.08 bits per heavy atom. The predicted octanol–water partition coefficient (Wildman–Crippen LogP) is 2.00. The van der Waals surface area contributed by atoms with Gasteiger partial charge in [0.15, 0.2) is 0 Å². The van der Waals surface area contributed by atoms with Crippen molar-refractivity contribution in [3.63, 3.8) is 0 Å². The molecular weight excluding hydrogens is 340 g/mol. The van der Waals surface area contributed by atoms with Crippen LogP contribution in [0.25, 0.3) is 0 Å². The van der Waals surface area contributed by atoms with E-state index in [9.17, 15) is 13.2 Å². The Bertz CT molecular complexity index is 884.